The normalized spacial score (nSPS) is 15.3. The third kappa shape index (κ3) is 5.74. The second-order valence-corrected chi connectivity index (χ2v) is 8.97. The zero-order valence-electron chi connectivity index (χ0n) is 17.7. The number of likely N-dealkylation sites (N-methyl/N-ethyl adjacent to an activating group) is 1. The van der Waals surface area contributed by atoms with Gasteiger partial charge in [0.05, 0.1) is 16.8 Å². The number of halogens is 1. The fourth-order valence-electron chi connectivity index (χ4n) is 3.66. The highest BCUT2D eigenvalue weighted by Gasteiger charge is 2.23. The van der Waals surface area contributed by atoms with Crippen molar-refractivity contribution in [1.29, 1.82) is 0 Å². The highest BCUT2D eigenvalue weighted by molar-refractivity contribution is 7.22. The summed E-state index contributed by atoms with van der Waals surface area (Å²) < 4.78 is 6.90. The average molecular weight is 459 g/mol. The molecule has 0 unspecified atom stereocenters. The number of anilines is 1. The van der Waals surface area contributed by atoms with E-state index in [1.807, 2.05) is 55.5 Å². The minimum atomic E-state index is 0.112. The highest BCUT2D eigenvalue weighted by atomic mass is 35.5. The maximum absolute atomic E-state index is 13.0. The molecule has 0 N–H and O–H groups in total. The van der Waals surface area contributed by atoms with Crippen LogP contribution in [-0.2, 0) is 4.79 Å². The molecule has 1 amide bonds. The van der Waals surface area contributed by atoms with E-state index in [9.17, 15) is 4.79 Å². The SMILES string of the molecule is CCN(C(=O)CN1CCN(CCOc2ccc(Cl)cc2)CC1)c1nc2ccccc2s1. The minimum Gasteiger partial charge on any atom is -0.492 e. The molecule has 4 rings (SSSR count). The Balaban J connectivity index is 1.23. The number of hydrogen-bond donors (Lipinski definition) is 0. The number of rotatable bonds is 8. The lowest BCUT2D eigenvalue weighted by molar-refractivity contribution is -0.120. The van der Waals surface area contributed by atoms with Crippen LogP contribution in [0, 0.1) is 0 Å². The first-order chi connectivity index (χ1) is 15.1. The predicted octanol–water partition coefficient (Wildman–Crippen LogP) is 4.00. The van der Waals surface area contributed by atoms with Crippen molar-refractivity contribution in [2.45, 2.75) is 6.92 Å². The summed E-state index contributed by atoms with van der Waals surface area (Å²) in [6.07, 6.45) is 0. The number of carbonyl (C=O) groups is 1. The number of ether oxygens (including phenoxy) is 1. The van der Waals surface area contributed by atoms with Gasteiger partial charge in [0.1, 0.15) is 12.4 Å². The van der Waals surface area contributed by atoms with Crippen molar-refractivity contribution in [3.63, 3.8) is 0 Å². The lowest BCUT2D eigenvalue weighted by Crippen LogP contribution is -2.50. The van der Waals surface area contributed by atoms with E-state index in [-0.39, 0.29) is 5.91 Å². The van der Waals surface area contributed by atoms with Crippen LogP contribution in [0.4, 0.5) is 5.13 Å². The Morgan fingerprint density at radius 2 is 1.81 bits per heavy atom. The van der Waals surface area contributed by atoms with E-state index in [4.69, 9.17) is 16.3 Å². The van der Waals surface area contributed by atoms with Crippen LogP contribution in [0.2, 0.25) is 5.02 Å². The summed E-state index contributed by atoms with van der Waals surface area (Å²) in [6.45, 7) is 8.20. The molecule has 8 heteroatoms. The van der Waals surface area contributed by atoms with Crippen molar-refractivity contribution >= 4 is 44.2 Å². The average Bonchev–Trinajstić information content (AvgIpc) is 3.20. The number of carbonyl (C=O) groups excluding carboxylic acids is 1. The first-order valence-electron chi connectivity index (χ1n) is 10.6. The van der Waals surface area contributed by atoms with Gasteiger partial charge in [-0.2, -0.15) is 0 Å². The maximum Gasteiger partial charge on any atom is 0.242 e. The first kappa shape index (κ1) is 22.0. The molecule has 31 heavy (non-hydrogen) atoms. The van der Waals surface area contributed by atoms with Crippen molar-refractivity contribution in [3.8, 4) is 5.75 Å². The summed E-state index contributed by atoms with van der Waals surface area (Å²) >= 11 is 7.48. The Hall–Kier alpha value is -2.19. The molecule has 0 spiro atoms. The zero-order valence-corrected chi connectivity index (χ0v) is 19.2. The molecule has 1 aliphatic rings. The molecule has 164 valence electrons. The Morgan fingerprint density at radius 3 is 2.52 bits per heavy atom. The summed E-state index contributed by atoms with van der Waals surface area (Å²) in [5, 5.41) is 1.49. The summed E-state index contributed by atoms with van der Waals surface area (Å²) in [7, 11) is 0. The number of aromatic nitrogens is 1. The van der Waals surface area contributed by atoms with E-state index in [0.29, 0.717) is 24.7 Å². The number of amides is 1. The van der Waals surface area contributed by atoms with Gasteiger partial charge < -0.3 is 4.74 Å². The largest absolute Gasteiger partial charge is 0.492 e. The van der Waals surface area contributed by atoms with Gasteiger partial charge in [0, 0.05) is 44.3 Å². The van der Waals surface area contributed by atoms with Gasteiger partial charge in [0.15, 0.2) is 5.13 Å². The van der Waals surface area contributed by atoms with E-state index < -0.39 is 0 Å². The van der Waals surface area contributed by atoms with Crippen molar-refractivity contribution in [2.75, 3.05) is 57.3 Å². The fourth-order valence-corrected chi connectivity index (χ4v) is 4.84. The van der Waals surface area contributed by atoms with Gasteiger partial charge in [-0.25, -0.2) is 4.98 Å². The van der Waals surface area contributed by atoms with Crippen LogP contribution in [0.3, 0.4) is 0 Å². The maximum atomic E-state index is 13.0. The Morgan fingerprint density at radius 1 is 1.10 bits per heavy atom. The van der Waals surface area contributed by atoms with E-state index >= 15 is 0 Å². The van der Waals surface area contributed by atoms with Crippen LogP contribution in [0.15, 0.2) is 48.5 Å². The van der Waals surface area contributed by atoms with Gasteiger partial charge in [-0.1, -0.05) is 35.1 Å². The van der Waals surface area contributed by atoms with Gasteiger partial charge in [0.2, 0.25) is 5.91 Å². The second kappa shape index (κ2) is 10.4. The molecule has 0 bridgehead atoms. The summed E-state index contributed by atoms with van der Waals surface area (Å²) in [4.78, 5) is 24.0. The van der Waals surface area contributed by atoms with Gasteiger partial charge in [-0.3, -0.25) is 19.5 Å². The van der Waals surface area contributed by atoms with Crippen LogP contribution in [0.5, 0.6) is 5.75 Å². The van der Waals surface area contributed by atoms with Crippen molar-refractivity contribution in [2.24, 2.45) is 0 Å². The molecule has 3 aromatic rings. The van der Waals surface area contributed by atoms with E-state index in [1.165, 1.54) is 0 Å². The smallest absolute Gasteiger partial charge is 0.242 e. The molecule has 0 aliphatic carbocycles. The number of para-hydroxylation sites is 1. The van der Waals surface area contributed by atoms with E-state index in [2.05, 4.69) is 14.8 Å². The molecule has 1 saturated heterocycles. The molecule has 1 aromatic heterocycles. The molecule has 0 atom stereocenters. The van der Waals surface area contributed by atoms with Crippen LogP contribution >= 0.6 is 22.9 Å². The molecule has 1 fully saturated rings. The Labute approximate surface area is 192 Å². The van der Waals surface area contributed by atoms with Crippen LogP contribution in [0.25, 0.3) is 10.2 Å². The number of nitrogens with zero attached hydrogens (tertiary/aromatic N) is 4. The zero-order chi connectivity index (χ0) is 21.6. The topological polar surface area (TPSA) is 48.9 Å². The Bertz CT molecular complexity index is 969. The summed E-state index contributed by atoms with van der Waals surface area (Å²) in [5.74, 6) is 0.948. The van der Waals surface area contributed by atoms with Gasteiger partial charge in [-0.15, -0.1) is 0 Å². The molecule has 6 nitrogen and oxygen atoms in total. The third-order valence-electron chi connectivity index (χ3n) is 5.44. The van der Waals surface area contributed by atoms with Crippen molar-refractivity contribution < 1.29 is 9.53 Å². The number of fused-ring (bicyclic) bond motifs is 1. The van der Waals surface area contributed by atoms with E-state index in [0.717, 1.165) is 53.8 Å². The number of benzene rings is 2. The monoisotopic (exact) mass is 458 g/mol. The Kier molecular flexibility index (Phi) is 7.40. The summed E-state index contributed by atoms with van der Waals surface area (Å²) in [5.41, 5.74) is 0.947. The van der Waals surface area contributed by atoms with Crippen LogP contribution in [-0.4, -0.2) is 73.1 Å². The fraction of sp³-hybridized carbons (Fsp3) is 0.391. The molecule has 1 aliphatic heterocycles. The van der Waals surface area contributed by atoms with Crippen LogP contribution in [0.1, 0.15) is 6.92 Å². The van der Waals surface area contributed by atoms with Crippen molar-refractivity contribution in [3.05, 3.63) is 53.6 Å². The molecule has 2 heterocycles. The van der Waals surface area contributed by atoms with Crippen molar-refractivity contribution in [1.82, 2.24) is 14.8 Å². The standard InChI is InChI=1S/C23H27ClN4O2S/c1-2-28(23-25-20-5-3-4-6-21(20)31-23)22(29)17-27-13-11-26(12-14-27)15-16-30-19-9-7-18(24)8-10-19/h3-10H,2,11-17H2,1H3. The molecular weight excluding hydrogens is 432 g/mol. The summed E-state index contributed by atoms with van der Waals surface area (Å²) in [6, 6.07) is 15.5. The molecule has 2 aromatic carbocycles. The van der Waals surface area contributed by atoms with Gasteiger partial charge >= 0.3 is 0 Å². The van der Waals surface area contributed by atoms with Gasteiger partial charge in [-0.05, 0) is 43.3 Å². The molecule has 0 radical (unpaired) electrons. The van der Waals surface area contributed by atoms with Crippen LogP contribution < -0.4 is 9.64 Å². The molecular formula is C23H27ClN4O2S. The lowest BCUT2D eigenvalue weighted by Gasteiger charge is -2.34. The second-order valence-electron chi connectivity index (χ2n) is 7.52. The molecule has 0 saturated carbocycles. The quantitative estimate of drug-likeness (QED) is 0.510. The third-order valence-corrected chi connectivity index (χ3v) is 6.76. The first-order valence-corrected chi connectivity index (χ1v) is 11.8. The number of piperazine rings is 1. The van der Waals surface area contributed by atoms with E-state index in [1.54, 1.807) is 16.2 Å². The highest BCUT2D eigenvalue weighted by Crippen LogP contribution is 2.28. The lowest BCUT2D eigenvalue weighted by atomic mass is 10.3. The predicted molar refractivity (Wildman–Crippen MR) is 127 cm³/mol. The van der Waals surface area contributed by atoms with Gasteiger partial charge in [0.25, 0.3) is 0 Å². The number of thiazole rings is 1. The minimum absolute atomic E-state index is 0.112. The number of hydrogen-bond acceptors (Lipinski definition) is 6.